The maximum atomic E-state index is 12.2. The number of likely N-dealkylation sites (tertiary alicyclic amines) is 1. The molecule has 0 aliphatic carbocycles. The Morgan fingerprint density at radius 2 is 1.86 bits per heavy atom. The number of carbonyl (C=O) groups excluding carboxylic acids is 1. The second-order valence-corrected chi connectivity index (χ2v) is 5.11. The van der Waals surface area contributed by atoms with Gasteiger partial charge in [-0.1, -0.05) is 19.3 Å². The van der Waals surface area contributed by atoms with Gasteiger partial charge in [0, 0.05) is 19.3 Å². The van der Waals surface area contributed by atoms with Crippen LogP contribution in [-0.2, 0) is 4.79 Å². The van der Waals surface area contributed by atoms with Crippen molar-refractivity contribution < 1.29 is 19.4 Å². The summed E-state index contributed by atoms with van der Waals surface area (Å²) in [5.41, 5.74) is 0.0190. The van der Waals surface area contributed by atoms with E-state index in [4.69, 9.17) is 9.84 Å². The molecule has 0 radical (unpaired) electrons. The molecule has 21 heavy (non-hydrogen) atoms. The summed E-state index contributed by atoms with van der Waals surface area (Å²) in [6.45, 7) is 1.36. The van der Waals surface area contributed by atoms with Gasteiger partial charge in [-0.25, -0.2) is 4.79 Å². The number of rotatable bonds is 4. The number of aromatic carboxylic acids is 1. The summed E-state index contributed by atoms with van der Waals surface area (Å²) in [7, 11) is 0. The van der Waals surface area contributed by atoms with Gasteiger partial charge in [-0.2, -0.15) is 0 Å². The highest BCUT2D eigenvalue weighted by Gasteiger charge is 2.17. The molecule has 114 valence electrons. The van der Waals surface area contributed by atoms with E-state index in [2.05, 4.69) is 4.98 Å². The minimum atomic E-state index is -1.09. The summed E-state index contributed by atoms with van der Waals surface area (Å²) >= 11 is 0. The topological polar surface area (TPSA) is 79.7 Å². The van der Waals surface area contributed by atoms with E-state index < -0.39 is 5.97 Å². The minimum absolute atomic E-state index is 0.0190. The number of nitrogens with zero attached hydrogens (tertiary/aromatic N) is 2. The quantitative estimate of drug-likeness (QED) is 0.917. The molecule has 1 fully saturated rings. The number of carboxylic acid groups (broad SMARTS) is 1. The number of ether oxygens (including phenoxy) is 1. The van der Waals surface area contributed by atoms with Gasteiger partial charge < -0.3 is 14.7 Å². The molecule has 0 bridgehead atoms. The standard InChI is InChI=1S/C15H20N2O4/c18-14(17-8-4-2-1-3-5-9-17)11-21-13-10-16-7-6-12(13)15(19)20/h6-7,10H,1-5,8-9,11H2,(H,19,20). The van der Waals surface area contributed by atoms with Crippen LogP contribution in [0.2, 0.25) is 0 Å². The van der Waals surface area contributed by atoms with Crippen LogP contribution < -0.4 is 4.74 Å². The van der Waals surface area contributed by atoms with Crippen LogP contribution in [0.3, 0.4) is 0 Å². The van der Waals surface area contributed by atoms with Crippen LogP contribution in [0.25, 0.3) is 0 Å². The van der Waals surface area contributed by atoms with Gasteiger partial charge in [-0.15, -0.1) is 0 Å². The lowest BCUT2D eigenvalue weighted by molar-refractivity contribution is -0.133. The van der Waals surface area contributed by atoms with Crippen LogP contribution in [0.5, 0.6) is 5.75 Å². The van der Waals surface area contributed by atoms with E-state index in [1.165, 1.54) is 24.9 Å². The summed E-state index contributed by atoms with van der Waals surface area (Å²) < 4.78 is 5.35. The van der Waals surface area contributed by atoms with Crippen LogP contribution in [0.15, 0.2) is 18.5 Å². The van der Waals surface area contributed by atoms with Crippen LogP contribution in [-0.4, -0.2) is 46.6 Å². The molecule has 0 atom stereocenters. The fraction of sp³-hybridized carbons (Fsp3) is 0.533. The van der Waals surface area contributed by atoms with Crippen molar-refractivity contribution >= 4 is 11.9 Å². The first-order chi connectivity index (χ1) is 10.2. The van der Waals surface area contributed by atoms with Crippen molar-refractivity contribution in [3.05, 3.63) is 24.0 Å². The van der Waals surface area contributed by atoms with E-state index in [1.807, 2.05) is 0 Å². The van der Waals surface area contributed by atoms with Gasteiger partial charge in [-0.05, 0) is 18.9 Å². The van der Waals surface area contributed by atoms with Gasteiger partial charge in [-0.3, -0.25) is 9.78 Å². The lowest BCUT2D eigenvalue weighted by Crippen LogP contribution is -2.37. The molecule has 2 rings (SSSR count). The average Bonchev–Trinajstić information content (AvgIpc) is 2.44. The lowest BCUT2D eigenvalue weighted by atomic mass is 10.1. The smallest absolute Gasteiger partial charge is 0.339 e. The zero-order valence-corrected chi connectivity index (χ0v) is 12.0. The number of hydrogen-bond acceptors (Lipinski definition) is 4. The van der Waals surface area contributed by atoms with Crippen molar-refractivity contribution in [2.75, 3.05) is 19.7 Å². The molecule has 2 heterocycles. The molecule has 1 amide bonds. The fourth-order valence-corrected chi connectivity index (χ4v) is 2.40. The summed E-state index contributed by atoms with van der Waals surface area (Å²) in [6.07, 6.45) is 8.27. The molecule has 0 spiro atoms. The summed E-state index contributed by atoms with van der Waals surface area (Å²) in [5, 5.41) is 9.04. The Morgan fingerprint density at radius 1 is 1.19 bits per heavy atom. The van der Waals surface area contributed by atoms with Crippen molar-refractivity contribution in [3.8, 4) is 5.75 Å². The van der Waals surface area contributed by atoms with Crippen LogP contribution in [0.4, 0.5) is 0 Å². The third-order valence-electron chi connectivity index (χ3n) is 3.57. The number of carboxylic acids is 1. The highest BCUT2D eigenvalue weighted by Crippen LogP contribution is 2.17. The molecule has 6 nitrogen and oxygen atoms in total. The zero-order valence-electron chi connectivity index (χ0n) is 12.0. The highest BCUT2D eigenvalue weighted by atomic mass is 16.5. The normalized spacial score (nSPS) is 15.9. The monoisotopic (exact) mass is 292 g/mol. The van der Waals surface area contributed by atoms with Crippen molar-refractivity contribution in [1.29, 1.82) is 0 Å². The Hall–Kier alpha value is -2.11. The van der Waals surface area contributed by atoms with E-state index in [1.54, 1.807) is 4.90 Å². The van der Waals surface area contributed by atoms with Crippen molar-refractivity contribution in [2.24, 2.45) is 0 Å². The Bertz CT molecular complexity index is 496. The van der Waals surface area contributed by atoms with Crippen LogP contribution in [0.1, 0.15) is 42.5 Å². The third kappa shape index (κ3) is 4.44. The molecule has 1 saturated heterocycles. The van der Waals surface area contributed by atoms with Gasteiger partial charge >= 0.3 is 5.97 Å². The molecule has 1 aromatic rings. The van der Waals surface area contributed by atoms with E-state index in [0.717, 1.165) is 38.8 Å². The summed E-state index contributed by atoms with van der Waals surface area (Å²) in [6, 6.07) is 1.36. The molecular formula is C15H20N2O4. The Morgan fingerprint density at radius 3 is 2.52 bits per heavy atom. The van der Waals surface area contributed by atoms with Gasteiger partial charge in [0.05, 0.1) is 6.20 Å². The van der Waals surface area contributed by atoms with E-state index in [9.17, 15) is 9.59 Å². The molecule has 6 heteroatoms. The number of aromatic nitrogens is 1. The van der Waals surface area contributed by atoms with Crippen molar-refractivity contribution in [3.63, 3.8) is 0 Å². The van der Waals surface area contributed by atoms with Crippen LogP contribution in [0, 0.1) is 0 Å². The van der Waals surface area contributed by atoms with E-state index in [-0.39, 0.29) is 23.8 Å². The second kappa shape index (κ2) is 7.61. The highest BCUT2D eigenvalue weighted by molar-refractivity contribution is 5.90. The Balaban J connectivity index is 1.92. The Labute approximate surface area is 123 Å². The lowest BCUT2D eigenvalue weighted by Gasteiger charge is -2.24. The number of carbonyl (C=O) groups is 2. The van der Waals surface area contributed by atoms with E-state index in [0.29, 0.717) is 0 Å². The number of amides is 1. The molecule has 1 aliphatic rings. The van der Waals surface area contributed by atoms with Gasteiger partial charge in [0.1, 0.15) is 5.56 Å². The predicted molar refractivity (Wildman–Crippen MR) is 76.4 cm³/mol. The van der Waals surface area contributed by atoms with Crippen molar-refractivity contribution in [1.82, 2.24) is 9.88 Å². The molecule has 1 N–H and O–H groups in total. The van der Waals surface area contributed by atoms with Gasteiger partial charge in [0.15, 0.2) is 12.4 Å². The van der Waals surface area contributed by atoms with E-state index >= 15 is 0 Å². The molecule has 0 aromatic carbocycles. The largest absolute Gasteiger partial charge is 0.481 e. The average molecular weight is 292 g/mol. The van der Waals surface area contributed by atoms with Gasteiger partial charge in [0.2, 0.25) is 0 Å². The van der Waals surface area contributed by atoms with Crippen molar-refractivity contribution in [2.45, 2.75) is 32.1 Å². The van der Waals surface area contributed by atoms with Gasteiger partial charge in [0.25, 0.3) is 5.91 Å². The SMILES string of the molecule is O=C(O)c1ccncc1OCC(=O)N1CCCCCCC1. The molecule has 0 unspecified atom stereocenters. The first kappa shape index (κ1) is 15.3. The maximum Gasteiger partial charge on any atom is 0.339 e. The zero-order chi connectivity index (χ0) is 15.1. The molecule has 1 aromatic heterocycles. The number of hydrogen-bond donors (Lipinski definition) is 1. The summed E-state index contributed by atoms with van der Waals surface area (Å²) in [5.74, 6) is -1.06. The minimum Gasteiger partial charge on any atom is -0.481 e. The molecule has 0 saturated carbocycles. The maximum absolute atomic E-state index is 12.2. The first-order valence-corrected chi connectivity index (χ1v) is 7.26. The third-order valence-corrected chi connectivity index (χ3v) is 3.57. The molecule has 1 aliphatic heterocycles. The second-order valence-electron chi connectivity index (χ2n) is 5.11. The predicted octanol–water partition coefficient (Wildman–Crippen LogP) is 1.95. The summed E-state index contributed by atoms with van der Waals surface area (Å²) in [4.78, 5) is 28.8. The number of pyridine rings is 1. The Kier molecular flexibility index (Phi) is 5.54. The fourth-order valence-electron chi connectivity index (χ4n) is 2.40. The van der Waals surface area contributed by atoms with Crippen LogP contribution >= 0.6 is 0 Å². The molecular weight excluding hydrogens is 272 g/mol. The first-order valence-electron chi connectivity index (χ1n) is 7.26.